The summed E-state index contributed by atoms with van der Waals surface area (Å²) in [6.07, 6.45) is 0. The molecule has 0 unspecified atom stereocenters. The molecule has 0 saturated heterocycles. The fourth-order valence-electron chi connectivity index (χ4n) is 8.80. The number of hydrogen-bond acceptors (Lipinski definition) is 5. The zero-order valence-electron chi connectivity index (χ0n) is 31.2. The summed E-state index contributed by atoms with van der Waals surface area (Å²) in [6.45, 7) is 0. The van der Waals surface area contributed by atoms with E-state index >= 15 is 0 Å². The van der Waals surface area contributed by atoms with Crippen LogP contribution in [-0.4, -0.2) is 23.0 Å². The molecule has 1 aromatic heterocycles. The molecule has 2 aliphatic rings. The molecule has 1 spiro atoms. The Bertz CT molecular complexity index is 3070. The molecule has 5 nitrogen and oxygen atoms in total. The van der Waals surface area contributed by atoms with Gasteiger partial charge in [-0.25, -0.2) is 15.0 Å². The lowest BCUT2D eigenvalue weighted by atomic mass is 10.0. The van der Waals surface area contributed by atoms with Gasteiger partial charge >= 0.3 is 0 Å². The minimum atomic E-state index is -2.74. The third kappa shape index (κ3) is 5.33. The maximum atomic E-state index is 9.33. The van der Waals surface area contributed by atoms with Gasteiger partial charge in [-0.3, -0.25) is 0 Å². The predicted octanol–water partition coefficient (Wildman–Crippen LogP) is 9.54. The second-order valence-electron chi connectivity index (χ2n) is 14.7. The van der Waals surface area contributed by atoms with Gasteiger partial charge in [0.25, 0.3) is 0 Å². The van der Waals surface area contributed by atoms with Gasteiger partial charge < -0.3 is 4.74 Å². The molecule has 270 valence electrons. The molecule has 0 radical (unpaired) electrons. The first kappa shape index (κ1) is 33.6. The lowest BCUT2D eigenvalue weighted by molar-refractivity contribution is 0.487. The van der Waals surface area contributed by atoms with Crippen LogP contribution >= 0.6 is 0 Å². The van der Waals surface area contributed by atoms with Crippen molar-refractivity contribution in [1.82, 2.24) is 15.0 Å². The van der Waals surface area contributed by atoms with Gasteiger partial charge in [0.2, 0.25) is 0 Å². The molecule has 0 atom stereocenters. The van der Waals surface area contributed by atoms with Crippen molar-refractivity contribution >= 4 is 28.8 Å². The SMILES string of the molecule is N#Cc1ccc(-c2cccc(-c3nc(-c4ccccc4)nc(-c4cccc(-c5ccc6c(c5)[Si]5(c7ccccc7O6)c6ccccc6-c6ccccc65)c4)n3)c2)cc1. The molecule has 0 bridgehead atoms. The minimum absolute atomic E-state index is 0.584. The van der Waals surface area contributed by atoms with Crippen LogP contribution in [0.2, 0.25) is 0 Å². The monoisotopic (exact) mass is 756 g/mol. The molecule has 6 heteroatoms. The maximum absolute atomic E-state index is 9.33. The molecule has 3 heterocycles. The summed E-state index contributed by atoms with van der Waals surface area (Å²) in [5.74, 6) is 3.63. The third-order valence-electron chi connectivity index (χ3n) is 11.4. The van der Waals surface area contributed by atoms with Crippen molar-refractivity contribution in [2.45, 2.75) is 0 Å². The largest absolute Gasteiger partial charge is 0.458 e. The van der Waals surface area contributed by atoms with Crippen LogP contribution in [0.1, 0.15) is 5.56 Å². The highest BCUT2D eigenvalue weighted by Crippen LogP contribution is 2.38. The number of para-hydroxylation sites is 1. The Balaban J connectivity index is 1.05. The van der Waals surface area contributed by atoms with Crippen molar-refractivity contribution < 1.29 is 4.74 Å². The van der Waals surface area contributed by atoms with Crippen LogP contribution in [0.15, 0.2) is 194 Å². The van der Waals surface area contributed by atoms with Crippen molar-refractivity contribution in [2.75, 3.05) is 0 Å². The van der Waals surface area contributed by atoms with Crippen LogP contribution in [0.5, 0.6) is 11.5 Å². The highest BCUT2D eigenvalue weighted by Gasteiger charge is 2.53. The first-order chi connectivity index (χ1) is 28.7. The quantitative estimate of drug-likeness (QED) is 0.164. The number of hydrogen-bond donors (Lipinski definition) is 0. The zero-order chi connectivity index (χ0) is 38.6. The topological polar surface area (TPSA) is 71.7 Å². The molecule has 8 aromatic carbocycles. The van der Waals surface area contributed by atoms with Crippen molar-refractivity contribution in [3.05, 3.63) is 200 Å². The van der Waals surface area contributed by atoms with Crippen molar-refractivity contribution in [1.29, 1.82) is 5.26 Å². The second kappa shape index (κ2) is 13.5. The lowest BCUT2D eigenvalue weighted by Crippen LogP contribution is -2.74. The summed E-state index contributed by atoms with van der Waals surface area (Å²) < 4.78 is 6.73. The van der Waals surface area contributed by atoms with Gasteiger partial charge in [0.1, 0.15) is 11.5 Å². The van der Waals surface area contributed by atoms with Crippen LogP contribution in [0.3, 0.4) is 0 Å². The van der Waals surface area contributed by atoms with Crippen molar-refractivity contribution in [3.63, 3.8) is 0 Å². The van der Waals surface area contributed by atoms with Gasteiger partial charge in [0.15, 0.2) is 25.5 Å². The van der Waals surface area contributed by atoms with Crippen molar-refractivity contribution in [2.24, 2.45) is 0 Å². The van der Waals surface area contributed by atoms with Gasteiger partial charge in [-0.2, -0.15) is 5.26 Å². The zero-order valence-corrected chi connectivity index (χ0v) is 32.2. The highest BCUT2D eigenvalue weighted by atomic mass is 28.3. The Kier molecular flexibility index (Phi) is 7.81. The molecule has 2 aliphatic heterocycles. The average Bonchev–Trinajstić information content (AvgIpc) is 3.60. The van der Waals surface area contributed by atoms with Gasteiger partial charge in [0.05, 0.1) is 11.6 Å². The van der Waals surface area contributed by atoms with Crippen LogP contribution in [0.4, 0.5) is 0 Å². The molecule has 11 rings (SSSR count). The molecule has 58 heavy (non-hydrogen) atoms. The smallest absolute Gasteiger partial charge is 0.189 e. The standard InChI is InChI=1S/C52H32N4OSi/c53-33-34-24-26-35(27-25-34)37-14-10-16-40(30-37)51-54-50(36-12-2-1-3-13-36)55-52(56-51)41-17-11-15-38(31-41)39-28-29-45-49(32-39)58(48-23-9-6-20-44(48)57-45)46-21-7-4-18-42(46)43-19-5-8-22-47(43)58/h1-32H. The first-order valence-electron chi connectivity index (χ1n) is 19.3. The molecule has 0 aliphatic carbocycles. The fraction of sp³-hybridized carbons (Fsp3) is 0. The molecular formula is C52H32N4OSi. The Hall–Kier alpha value is -7.72. The fourth-order valence-corrected chi connectivity index (χ4v) is 14.2. The number of rotatable bonds is 5. The van der Waals surface area contributed by atoms with E-state index in [0.29, 0.717) is 23.0 Å². The molecule has 0 amide bonds. The van der Waals surface area contributed by atoms with E-state index in [-0.39, 0.29) is 0 Å². The molecular weight excluding hydrogens is 725 g/mol. The number of nitrogens with zero attached hydrogens (tertiary/aromatic N) is 4. The Labute approximate surface area is 337 Å². The average molecular weight is 757 g/mol. The molecule has 0 saturated carbocycles. The van der Waals surface area contributed by atoms with E-state index in [9.17, 15) is 5.26 Å². The van der Waals surface area contributed by atoms with Gasteiger partial charge in [0, 0.05) is 16.7 Å². The minimum Gasteiger partial charge on any atom is -0.458 e. The van der Waals surface area contributed by atoms with E-state index < -0.39 is 8.07 Å². The van der Waals surface area contributed by atoms with Gasteiger partial charge in [-0.15, -0.1) is 0 Å². The van der Waals surface area contributed by atoms with E-state index in [1.54, 1.807) is 0 Å². The predicted molar refractivity (Wildman–Crippen MR) is 234 cm³/mol. The van der Waals surface area contributed by atoms with Gasteiger partial charge in [-0.1, -0.05) is 158 Å². The van der Waals surface area contributed by atoms with E-state index in [1.807, 2.05) is 66.7 Å². The number of ether oxygens (including phenoxy) is 1. The second-order valence-corrected chi connectivity index (χ2v) is 18.3. The van der Waals surface area contributed by atoms with E-state index in [4.69, 9.17) is 19.7 Å². The number of aromatic nitrogens is 3. The summed E-state index contributed by atoms with van der Waals surface area (Å²) >= 11 is 0. The van der Waals surface area contributed by atoms with E-state index in [0.717, 1.165) is 50.4 Å². The number of nitriles is 1. The van der Waals surface area contributed by atoms with Crippen LogP contribution in [0, 0.1) is 11.3 Å². The Morgan fingerprint density at radius 1 is 0.362 bits per heavy atom. The van der Waals surface area contributed by atoms with Gasteiger partial charge in [-0.05, 0) is 90.5 Å². The summed E-state index contributed by atoms with van der Waals surface area (Å²) in [6, 6.07) is 69.8. The normalized spacial score (nSPS) is 12.7. The molecule has 0 N–H and O–H groups in total. The molecule has 9 aromatic rings. The third-order valence-corrected chi connectivity index (χ3v) is 16.3. The summed E-state index contributed by atoms with van der Waals surface area (Å²) in [4.78, 5) is 15.2. The van der Waals surface area contributed by atoms with E-state index in [1.165, 1.54) is 31.9 Å². The number of benzene rings is 8. The lowest BCUT2D eigenvalue weighted by Gasteiger charge is -2.37. The van der Waals surface area contributed by atoms with Crippen LogP contribution in [0.25, 0.3) is 67.5 Å². The Morgan fingerprint density at radius 3 is 1.47 bits per heavy atom. The maximum Gasteiger partial charge on any atom is 0.189 e. The summed E-state index contributed by atoms with van der Waals surface area (Å²) in [7, 11) is -2.74. The van der Waals surface area contributed by atoms with Crippen LogP contribution < -0.4 is 25.5 Å². The highest BCUT2D eigenvalue weighted by molar-refractivity contribution is 7.23. The molecule has 0 fully saturated rings. The first-order valence-corrected chi connectivity index (χ1v) is 21.3. The van der Waals surface area contributed by atoms with E-state index in [2.05, 4.69) is 133 Å². The summed E-state index contributed by atoms with van der Waals surface area (Å²) in [5, 5.41) is 14.6. The number of fused-ring (bicyclic) bond motifs is 9. The summed E-state index contributed by atoms with van der Waals surface area (Å²) in [5.41, 5.74) is 10.1. The van der Waals surface area contributed by atoms with Crippen molar-refractivity contribution in [3.8, 4) is 85.1 Å². The van der Waals surface area contributed by atoms with Crippen LogP contribution in [-0.2, 0) is 0 Å². The Morgan fingerprint density at radius 2 is 0.828 bits per heavy atom.